The van der Waals surface area contributed by atoms with Gasteiger partial charge in [0.05, 0.1) is 12.7 Å². The second-order valence-corrected chi connectivity index (χ2v) is 4.65. The monoisotopic (exact) mass is 300 g/mol. The van der Waals surface area contributed by atoms with Gasteiger partial charge in [0.25, 0.3) is 5.91 Å². The summed E-state index contributed by atoms with van der Waals surface area (Å²) in [7, 11) is 1.34. The Morgan fingerprint density at radius 3 is 2.68 bits per heavy atom. The number of nitrogens with zero attached hydrogens (tertiary/aromatic N) is 2. The van der Waals surface area contributed by atoms with Crippen LogP contribution in [0, 0.1) is 6.92 Å². The van der Waals surface area contributed by atoms with Crippen LogP contribution in [0.1, 0.15) is 32.0 Å². The number of aryl methyl sites for hydroxylation is 1. The van der Waals surface area contributed by atoms with Crippen LogP contribution in [-0.2, 0) is 11.3 Å². The second-order valence-electron chi connectivity index (χ2n) is 4.65. The van der Waals surface area contributed by atoms with Crippen molar-refractivity contribution in [2.45, 2.75) is 13.5 Å². The molecule has 0 unspecified atom stereocenters. The molecule has 1 amide bonds. The Labute approximate surface area is 127 Å². The fourth-order valence-electron chi connectivity index (χ4n) is 1.94. The third-order valence-electron chi connectivity index (χ3n) is 3.07. The SMILES string of the molecule is COC(=O)c1ccc(CNC(=O)c2cc(N)ncn2)cc1C. The summed E-state index contributed by atoms with van der Waals surface area (Å²) in [6.07, 6.45) is 1.24. The number of rotatable bonds is 4. The molecular weight excluding hydrogens is 284 g/mol. The zero-order valence-corrected chi connectivity index (χ0v) is 12.3. The van der Waals surface area contributed by atoms with Crippen molar-refractivity contribution in [3.8, 4) is 0 Å². The number of carbonyl (C=O) groups excluding carboxylic acids is 2. The van der Waals surface area contributed by atoms with Crippen molar-refractivity contribution in [2.24, 2.45) is 0 Å². The standard InChI is InChI=1S/C15H16N4O3/c1-9-5-10(3-4-11(9)15(21)22-2)7-17-14(20)12-6-13(16)19-8-18-12/h3-6,8H,7H2,1-2H3,(H,17,20)(H2,16,18,19). The molecule has 22 heavy (non-hydrogen) atoms. The number of hydrogen-bond donors (Lipinski definition) is 2. The van der Waals surface area contributed by atoms with Crippen molar-refractivity contribution in [3.63, 3.8) is 0 Å². The molecule has 3 N–H and O–H groups in total. The lowest BCUT2D eigenvalue weighted by Crippen LogP contribution is -2.24. The number of nitrogens with two attached hydrogens (primary N) is 1. The van der Waals surface area contributed by atoms with E-state index in [1.807, 2.05) is 13.0 Å². The highest BCUT2D eigenvalue weighted by molar-refractivity contribution is 5.93. The van der Waals surface area contributed by atoms with Crippen LogP contribution < -0.4 is 11.1 Å². The van der Waals surface area contributed by atoms with E-state index in [1.165, 1.54) is 19.5 Å². The number of carbonyl (C=O) groups is 2. The van der Waals surface area contributed by atoms with Gasteiger partial charge in [-0.1, -0.05) is 12.1 Å². The average molecular weight is 300 g/mol. The highest BCUT2D eigenvalue weighted by Crippen LogP contribution is 2.12. The summed E-state index contributed by atoms with van der Waals surface area (Å²) in [5.41, 5.74) is 7.86. The molecule has 0 atom stereocenters. The maximum atomic E-state index is 11.9. The van der Waals surface area contributed by atoms with Gasteiger partial charge in [-0.2, -0.15) is 0 Å². The van der Waals surface area contributed by atoms with E-state index in [9.17, 15) is 9.59 Å². The quantitative estimate of drug-likeness (QED) is 0.818. The van der Waals surface area contributed by atoms with E-state index >= 15 is 0 Å². The zero-order valence-electron chi connectivity index (χ0n) is 12.3. The fraction of sp³-hybridized carbons (Fsp3) is 0.200. The summed E-state index contributed by atoms with van der Waals surface area (Å²) < 4.78 is 4.69. The minimum absolute atomic E-state index is 0.204. The fourth-order valence-corrected chi connectivity index (χ4v) is 1.94. The summed E-state index contributed by atoms with van der Waals surface area (Å²) in [6, 6.07) is 6.65. The lowest BCUT2D eigenvalue weighted by molar-refractivity contribution is 0.0599. The molecule has 0 aliphatic carbocycles. The normalized spacial score (nSPS) is 10.1. The minimum atomic E-state index is -0.385. The van der Waals surface area contributed by atoms with Crippen molar-refractivity contribution in [3.05, 3.63) is 53.0 Å². The molecule has 0 saturated carbocycles. The van der Waals surface area contributed by atoms with Crippen LogP contribution in [-0.4, -0.2) is 29.0 Å². The van der Waals surface area contributed by atoms with Crippen molar-refractivity contribution < 1.29 is 14.3 Å². The van der Waals surface area contributed by atoms with E-state index in [1.54, 1.807) is 12.1 Å². The molecule has 0 aliphatic rings. The predicted molar refractivity (Wildman–Crippen MR) is 80.1 cm³/mol. The maximum absolute atomic E-state index is 11.9. The molecule has 2 rings (SSSR count). The number of esters is 1. The first-order chi connectivity index (χ1) is 10.5. The van der Waals surface area contributed by atoms with E-state index < -0.39 is 0 Å². The number of hydrogen-bond acceptors (Lipinski definition) is 6. The molecule has 7 nitrogen and oxygen atoms in total. The first kappa shape index (κ1) is 15.4. The second kappa shape index (κ2) is 6.66. The van der Waals surface area contributed by atoms with Crippen LogP contribution in [0.3, 0.4) is 0 Å². The Hall–Kier alpha value is -2.96. The molecule has 2 aromatic rings. The van der Waals surface area contributed by atoms with Crippen molar-refractivity contribution in [1.82, 2.24) is 15.3 Å². The van der Waals surface area contributed by atoms with Crippen LogP contribution in [0.25, 0.3) is 0 Å². The third kappa shape index (κ3) is 3.57. The minimum Gasteiger partial charge on any atom is -0.465 e. The van der Waals surface area contributed by atoms with Gasteiger partial charge in [-0.05, 0) is 24.1 Å². The molecule has 0 fully saturated rings. The van der Waals surface area contributed by atoms with Crippen molar-refractivity contribution in [1.29, 1.82) is 0 Å². The average Bonchev–Trinajstić information content (AvgIpc) is 2.52. The summed E-state index contributed by atoms with van der Waals surface area (Å²) in [5, 5.41) is 2.73. The molecule has 0 bridgehead atoms. The lowest BCUT2D eigenvalue weighted by Gasteiger charge is -2.08. The predicted octanol–water partition coefficient (Wildman–Crippen LogP) is 1.08. The molecule has 7 heteroatoms. The number of ether oxygens (including phenoxy) is 1. The highest BCUT2D eigenvalue weighted by atomic mass is 16.5. The van der Waals surface area contributed by atoms with Gasteiger partial charge in [-0.25, -0.2) is 14.8 Å². The molecule has 0 radical (unpaired) electrons. The number of amides is 1. The van der Waals surface area contributed by atoms with Gasteiger partial charge in [0.15, 0.2) is 0 Å². The number of nitrogen functional groups attached to an aromatic ring is 1. The van der Waals surface area contributed by atoms with E-state index in [2.05, 4.69) is 20.0 Å². The maximum Gasteiger partial charge on any atom is 0.338 e. The van der Waals surface area contributed by atoms with Gasteiger partial charge in [0, 0.05) is 12.6 Å². The summed E-state index contributed by atoms with van der Waals surface area (Å²) in [4.78, 5) is 31.0. The van der Waals surface area contributed by atoms with Crippen LogP contribution in [0.15, 0.2) is 30.6 Å². The molecule has 0 spiro atoms. The topological polar surface area (TPSA) is 107 Å². The Morgan fingerprint density at radius 1 is 1.27 bits per heavy atom. The summed E-state index contributed by atoms with van der Waals surface area (Å²) >= 11 is 0. The van der Waals surface area contributed by atoms with Crippen LogP contribution >= 0.6 is 0 Å². The van der Waals surface area contributed by atoms with E-state index in [4.69, 9.17) is 5.73 Å². The zero-order chi connectivity index (χ0) is 16.1. The molecule has 0 aliphatic heterocycles. The molecule has 0 saturated heterocycles. The first-order valence-electron chi connectivity index (χ1n) is 6.55. The largest absolute Gasteiger partial charge is 0.465 e. The van der Waals surface area contributed by atoms with Gasteiger partial charge >= 0.3 is 5.97 Å². The van der Waals surface area contributed by atoms with Gasteiger partial charge in [0.1, 0.15) is 17.8 Å². The molecule has 114 valence electrons. The number of benzene rings is 1. The third-order valence-corrected chi connectivity index (χ3v) is 3.07. The lowest BCUT2D eigenvalue weighted by atomic mass is 10.1. The van der Waals surface area contributed by atoms with E-state index in [0.29, 0.717) is 12.1 Å². The Kier molecular flexibility index (Phi) is 4.67. The van der Waals surface area contributed by atoms with Gasteiger partial charge < -0.3 is 15.8 Å². The van der Waals surface area contributed by atoms with Crippen molar-refractivity contribution in [2.75, 3.05) is 12.8 Å². The van der Waals surface area contributed by atoms with Crippen LogP contribution in [0.4, 0.5) is 5.82 Å². The van der Waals surface area contributed by atoms with Crippen LogP contribution in [0.2, 0.25) is 0 Å². The van der Waals surface area contributed by atoms with Gasteiger partial charge in [-0.15, -0.1) is 0 Å². The van der Waals surface area contributed by atoms with E-state index in [-0.39, 0.29) is 23.4 Å². The Bertz CT molecular complexity index is 716. The number of methoxy groups -OCH3 is 1. The molecule has 1 heterocycles. The first-order valence-corrected chi connectivity index (χ1v) is 6.55. The summed E-state index contributed by atoms with van der Waals surface area (Å²) in [6.45, 7) is 2.12. The van der Waals surface area contributed by atoms with Crippen molar-refractivity contribution >= 4 is 17.7 Å². The van der Waals surface area contributed by atoms with Gasteiger partial charge in [0.2, 0.25) is 0 Å². The Balaban J connectivity index is 2.04. The Morgan fingerprint density at radius 2 is 2.05 bits per heavy atom. The number of anilines is 1. The number of nitrogens with one attached hydrogen (secondary N) is 1. The number of aromatic nitrogens is 2. The van der Waals surface area contributed by atoms with E-state index in [0.717, 1.165) is 11.1 Å². The van der Waals surface area contributed by atoms with Gasteiger partial charge in [-0.3, -0.25) is 4.79 Å². The molecular formula is C15H16N4O3. The molecule has 1 aromatic carbocycles. The van der Waals surface area contributed by atoms with Crippen LogP contribution in [0.5, 0.6) is 0 Å². The smallest absolute Gasteiger partial charge is 0.338 e. The summed E-state index contributed by atoms with van der Waals surface area (Å²) in [5.74, 6) is -0.494. The highest BCUT2D eigenvalue weighted by Gasteiger charge is 2.11. The molecule has 1 aromatic heterocycles.